The van der Waals surface area contributed by atoms with Crippen LogP contribution in [0.3, 0.4) is 0 Å². The summed E-state index contributed by atoms with van der Waals surface area (Å²) >= 11 is 0. The van der Waals surface area contributed by atoms with E-state index in [0.29, 0.717) is 6.42 Å². The van der Waals surface area contributed by atoms with Crippen LogP contribution in [-0.2, 0) is 4.79 Å². The number of carbonyl (C=O) groups excluding carboxylic acids is 1. The summed E-state index contributed by atoms with van der Waals surface area (Å²) in [5.74, 6) is 0.812. The van der Waals surface area contributed by atoms with E-state index in [0.717, 1.165) is 12.3 Å². The maximum atomic E-state index is 9.96. The van der Waals surface area contributed by atoms with Gasteiger partial charge in [0.15, 0.2) is 6.29 Å². The molecule has 81 valence electrons. The highest BCUT2D eigenvalue weighted by atomic mass is 16.1. The second-order valence-electron chi connectivity index (χ2n) is 4.00. The zero-order chi connectivity index (χ0) is 10.6. The molecular weight excluding hydrogens is 172 g/mol. The Hall–Kier alpha value is -0.590. The van der Waals surface area contributed by atoms with E-state index in [1.165, 1.54) is 32.1 Å². The van der Waals surface area contributed by atoms with E-state index in [2.05, 4.69) is 26.0 Å². The van der Waals surface area contributed by atoms with Gasteiger partial charge in [0.2, 0.25) is 0 Å². The van der Waals surface area contributed by atoms with Crippen LogP contribution >= 0.6 is 0 Å². The van der Waals surface area contributed by atoms with Crippen molar-refractivity contribution in [3.63, 3.8) is 0 Å². The summed E-state index contributed by atoms with van der Waals surface area (Å²) in [5, 5.41) is 0. The monoisotopic (exact) mass is 195 g/mol. The average Bonchev–Trinajstić information content (AvgIpc) is 2.19. The topological polar surface area (TPSA) is 17.1 Å². The summed E-state index contributed by atoms with van der Waals surface area (Å²) in [4.78, 5) is 9.96. The summed E-state index contributed by atoms with van der Waals surface area (Å²) in [6.07, 6.45) is 14.2. The Morgan fingerprint density at radius 1 is 1.21 bits per heavy atom. The molecule has 0 aliphatic rings. The maximum absolute atomic E-state index is 9.96. The molecule has 0 aromatic heterocycles. The van der Waals surface area contributed by atoms with Gasteiger partial charge in [0, 0.05) is 6.42 Å². The fraction of sp³-hybridized carbons (Fsp3) is 0.769. The third-order valence-electron chi connectivity index (χ3n) is 2.53. The molecule has 0 amide bonds. The van der Waals surface area contributed by atoms with Crippen LogP contribution < -0.4 is 0 Å². The third-order valence-corrected chi connectivity index (χ3v) is 2.53. The summed E-state index contributed by atoms with van der Waals surface area (Å²) in [6.45, 7) is 4.37. The molecule has 0 N–H and O–H groups in total. The Morgan fingerprint density at radius 3 is 2.57 bits per heavy atom. The van der Waals surface area contributed by atoms with Crippen LogP contribution in [0.25, 0.3) is 0 Å². The van der Waals surface area contributed by atoms with Crippen molar-refractivity contribution in [2.24, 2.45) is 5.92 Å². The highest BCUT2D eigenvalue weighted by Gasteiger charge is 2.00. The lowest BCUT2D eigenvalue weighted by Gasteiger charge is -2.09. The minimum Gasteiger partial charge on any atom is -0.291 e. The van der Waals surface area contributed by atoms with E-state index in [9.17, 15) is 4.79 Å². The SMILES string of the molecule is C/C=C/CCCC(C)CCCC[C]=O. The molecule has 0 rings (SSSR count). The van der Waals surface area contributed by atoms with Crippen molar-refractivity contribution < 1.29 is 4.79 Å². The van der Waals surface area contributed by atoms with E-state index < -0.39 is 0 Å². The summed E-state index contributed by atoms with van der Waals surface area (Å²) in [6, 6.07) is 0. The van der Waals surface area contributed by atoms with Crippen LogP contribution in [0.15, 0.2) is 12.2 Å². The van der Waals surface area contributed by atoms with E-state index in [1.807, 2.05) is 6.29 Å². The fourth-order valence-corrected chi connectivity index (χ4v) is 1.59. The Bertz CT molecular complexity index is 149. The normalized spacial score (nSPS) is 13.3. The molecule has 0 bridgehead atoms. The zero-order valence-corrected chi connectivity index (χ0v) is 9.59. The highest BCUT2D eigenvalue weighted by Crippen LogP contribution is 2.15. The first-order valence-electron chi connectivity index (χ1n) is 5.77. The molecule has 1 radical (unpaired) electrons. The summed E-state index contributed by atoms with van der Waals surface area (Å²) < 4.78 is 0. The molecule has 0 spiro atoms. The van der Waals surface area contributed by atoms with Crippen LogP contribution in [0.2, 0.25) is 0 Å². The van der Waals surface area contributed by atoms with Gasteiger partial charge in [-0.1, -0.05) is 38.3 Å². The molecule has 1 nitrogen and oxygen atoms in total. The van der Waals surface area contributed by atoms with Gasteiger partial charge >= 0.3 is 0 Å². The standard InChI is InChI=1S/C13H23O/c1-3-4-5-7-10-13(2)11-8-6-9-12-14/h3-4,13H,5-11H2,1-2H3/b4-3+. The number of unbranched alkanes of at least 4 members (excludes halogenated alkanes) is 3. The Balaban J connectivity index is 3.18. The van der Waals surface area contributed by atoms with Gasteiger partial charge in [-0.3, -0.25) is 4.79 Å². The summed E-state index contributed by atoms with van der Waals surface area (Å²) in [5.41, 5.74) is 0. The molecule has 0 aromatic rings. The minimum atomic E-state index is 0.616. The predicted octanol–water partition coefficient (Wildman–Crippen LogP) is 4.04. The minimum absolute atomic E-state index is 0.616. The Labute approximate surface area is 88.6 Å². The van der Waals surface area contributed by atoms with E-state index in [4.69, 9.17) is 0 Å². The van der Waals surface area contributed by atoms with Crippen molar-refractivity contribution in [1.29, 1.82) is 0 Å². The number of hydrogen-bond donors (Lipinski definition) is 0. The molecule has 1 unspecified atom stereocenters. The predicted molar refractivity (Wildman–Crippen MR) is 62.0 cm³/mol. The number of hydrogen-bond acceptors (Lipinski definition) is 1. The molecule has 1 atom stereocenters. The quantitative estimate of drug-likeness (QED) is 0.401. The van der Waals surface area contributed by atoms with Gasteiger partial charge in [0.05, 0.1) is 0 Å². The van der Waals surface area contributed by atoms with Crippen LogP contribution in [0, 0.1) is 5.92 Å². The third kappa shape index (κ3) is 9.50. The second-order valence-corrected chi connectivity index (χ2v) is 4.00. The number of rotatable bonds is 9. The lowest BCUT2D eigenvalue weighted by molar-refractivity contribution is 0.453. The highest BCUT2D eigenvalue weighted by molar-refractivity contribution is 5.50. The molecule has 1 heteroatoms. The van der Waals surface area contributed by atoms with Crippen LogP contribution in [0.5, 0.6) is 0 Å². The van der Waals surface area contributed by atoms with Crippen molar-refractivity contribution in [2.75, 3.05) is 0 Å². The second kappa shape index (κ2) is 10.5. The van der Waals surface area contributed by atoms with Gasteiger partial charge in [-0.25, -0.2) is 0 Å². The van der Waals surface area contributed by atoms with Crippen LogP contribution in [-0.4, -0.2) is 6.29 Å². The number of allylic oxidation sites excluding steroid dienone is 2. The molecule has 14 heavy (non-hydrogen) atoms. The smallest absolute Gasteiger partial charge is 0.198 e. The molecule has 0 saturated heterocycles. The molecule has 0 fully saturated rings. The first kappa shape index (κ1) is 13.4. The van der Waals surface area contributed by atoms with E-state index in [-0.39, 0.29) is 0 Å². The van der Waals surface area contributed by atoms with Gasteiger partial charge in [0.1, 0.15) is 0 Å². The lowest BCUT2D eigenvalue weighted by Crippen LogP contribution is -1.94. The van der Waals surface area contributed by atoms with Gasteiger partial charge in [-0.15, -0.1) is 0 Å². The van der Waals surface area contributed by atoms with Crippen molar-refractivity contribution in [3.8, 4) is 0 Å². The summed E-state index contributed by atoms with van der Waals surface area (Å²) in [7, 11) is 0. The van der Waals surface area contributed by atoms with Gasteiger partial charge in [-0.05, 0) is 32.1 Å². The molecule has 0 saturated carbocycles. The van der Waals surface area contributed by atoms with Gasteiger partial charge in [0.25, 0.3) is 0 Å². The zero-order valence-electron chi connectivity index (χ0n) is 9.59. The van der Waals surface area contributed by atoms with Gasteiger partial charge in [-0.2, -0.15) is 0 Å². The van der Waals surface area contributed by atoms with E-state index in [1.54, 1.807) is 0 Å². The first-order valence-corrected chi connectivity index (χ1v) is 5.77. The van der Waals surface area contributed by atoms with Crippen LogP contribution in [0.1, 0.15) is 58.8 Å². The lowest BCUT2D eigenvalue weighted by atomic mass is 9.97. The molecule has 0 heterocycles. The van der Waals surface area contributed by atoms with Crippen LogP contribution in [0.4, 0.5) is 0 Å². The molecular formula is C13H23O. The maximum Gasteiger partial charge on any atom is 0.198 e. The largest absolute Gasteiger partial charge is 0.291 e. The van der Waals surface area contributed by atoms with Crippen molar-refractivity contribution in [3.05, 3.63) is 12.2 Å². The molecule has 0 aliphatic heterocycles. The van der Waals surface area contributed by atoms with E-state index >= 15 is 0 Å². The molecule has 0 aliphatic carbocycles. The Morgan fingerprint density at radius 2 is 1.93 bits per heavy atom. The van der Waals surface area contributed by atoms with Crippen molar-refractivity contribution in [1.82, 2.24) is 0 Å². The van der Waals surface area contributed by atoms with Gasteiger partial charge < -0.3 is 0 Å². The fourth-order valence-electron chi connectivity index (χ4n) is 1.59. The first-order chi connectivity index (χ1) is 6.81. The Kier molecular flexibility index (Phi) is 10.0. The average molecular weight is 195 g/mol. The van der Waals surface area contributed by atoms with Crippen molar-refractivity contribution in [2.45, 2.75) is 58.8 Å². The van der Waals surface area contributed by atoms with Crippen molar-refractivity contribution >= 4 is 6.29 Å². The molecule has 0 aromatic carbocycles.